The third kappa shape index (κ3) is 4.83. The molecule has 6 heteroatoms. The van der Waals surface area contributed by atoms with Gasteiger partial charge in [0.05, 0.1) is 5.69 Å². The highest BCUT2D eigenvalue weighted by Gasteiger charge is 2.28. The Labute approximate surface area is 151 Å². The highest BCUT2D eigenvalue weighted by atomic mass is 16.2. The van der Waals surface area contributed by atoms with Crippen LogP contribution in [0.4, 0.5) is 0 Å². The number of hydrogen-bond acceptors (Lipinski definition) is 3. The van der Waals surface area contributed by atoms with Gasteiger partial charge in [0.1, 0.15) is 5.69 Å². The van der Waals surface area contributed by atoms with Gasteiger partial charge in [-0.25, -0.2) is 4.98 Å². The smallest absolute Gasteiger partial charge is 0.287 e. The predicted octanol–water partition coefficient (Wildman–Crippen LogP) is 2.87. The van der Waals surface area contributed by atoms with Crippen molar-refractivity contribution in [1.82, 2.24) is 19.8 Å². The standard InChI is InChI=1S/C19H32N4O2/c1-5-6-12-22(4)19(25)16-15-9-7-8-13-23(15)17(21-16)18(24)20-11-10-14(2)3/h14H,5-13H2,1-4H3,(H,20,24). The van der Waals surface area contributed by atoms with Gasteiger partial charge in [-0.3, -0.25) is 9.59 Å². The van der Waals surface area contributed by atoms with Crippen molar-refractivity contribution in [2.45, 2.75) is 65.8 Å². The van der Waals surface area contributed by atoms with Gasteiger partial charge in [0.25, 0.3) is 11.8 Å². The number of amides is 2. The summed E-state index contributed by atoms with van der Waals surface area (Å²) in [4.78, 5) is 31.5. The molecular weight excluding hydrogens is 316 g/mol. The summed E-state index contributed by atoms with van der Waals surface area (Å²) < 4.78 is 1.95. The van der Waals surface area contributed by atoms with Crippen LogP contribution in [0.3, 0.4) is 0 Å². The molecule has 0 spiro atoms. The normalized spacial score (nSPS) is 13.6. The number of unbranched alkanes of at least 4 members (excludes halogenated alkanes) is 1. The Morgan fingerprint density at radius 2 is 2.08 bits per heavy atom. The molecule has 2 heterocycles. The minimum absolute atomic E-state index is 0.0691. The van der Waals surface area contributed by atoms with Gasteiger partial charge in [0, 0.05) is 26.7 Å². The molecule has 1 aliphatic heterocycles. The van der Waals surface area contributed by atoms with Crippen molar-refractivity contribution in [2.24, 2.45) is 5.92 Å². The van der Waals surface area contributed by atoms with Crippen LogP contribution in [0.2, 0.25) is 0 Å². The first-order chi connectivity index (χ1) is 12.0. The maximum Gasteiger partial charge on any atom is 0.287 e. The molecule has 0 radical (unpaired) electrons. The fourth-order valence-corrected chi connectivity index (χ4v) is 3.12. The summed E-state index contributed by atoms with van der Waals surface area (Å²) in [6.07, 6.45) is 5.83. The van der Waals surface area contributed by atoms with Gasteiger partial charge >= 0.3 is 0 Å². The predicted molar refractivity (Wildman–Crippen MR) is 98.8 cm³/mol. The monoisotopic (exact) mass is 348 g/mol. The van der Waals surface area contributed by atoms with Crippen LogP contribution in [-0.4, -0.2) is 46.4 Å². The molecule has 0 fully saturated rings. The number of aromatic nitrogens is 2. The molecule has 25 heavy (non-hydrogen) atoms. The molecule has 140 valence electrons. The molecule has 1 aromatic rings. The van der Waals surface area contributed by atoms with Gasteiger partial charge < -0.3 is 14.8 Å². The first-order valence-electron chi connectivity index (χ1n) is 9.58. The minimum Gasteiger partial charge on any atom is -0.349 e. The average molecular weight is 348 g/mol. The Morgan fingerprint density at radius 3 is 2.76 bits per heavy atom. The number of hydrogen-bond donors (Lipinski definition) is 1. The minimum atomic E-state index is -0.168. The molecule has 1 aromatic heterocycles. The van der Waals surface area contributed by atoms with E-state index in [-0.39, 0.29) is 11.8 Å². The van der Waals surface area contributed by atoms with Crippen LogP contribution in [-0.2, 0) is 13.0 Å². The topological polar surface area (TPSA) is 67.2 Å². The van der Waals surface area contributed by atoms with Gasteiger partial charge in [0.15, 0.2) is 5.82 Å². The zero-order valence-corrected chi connectivity index (χ0v) is 16.1. The van der Waals surface area contributed by atoms with E-state index in [1.54, 1.807) is 4.90 Å². The van der Waals surface area contributed by atoms with Gasteiger partial charge in [-0.1, -0.05) is 27.2 Å². The Morgan fingerprint density at radius 1 is 1.32 bits per heavy atom. The van der Waals surface area contributed by atoms with Gasteiger partial charge in [-0.2, -0.15) is 0 Å². The van der Waals surface area contributed by atoms with E-state index < -0.39 is 0 Å². The molecule has 0 saturated heterocycles. The van der Waals surface area contributed by atoms with E-state index >= 15 is 0 Å². The average Bonchev–Trinajstić information content (AvgIpc) is 2.98. The van der Waals surface area contributed by atoms with Crippen molar-refractivity contribution in [3.8, 4) is 0 Å². The number of carbonyl (C=O) groups is 2. The molecule has 0 unspecified atom stereocenters. The van der Waals surface area contributed by atoms with E-state index in [2.05, 4.69) is 31.1 Å². The fraction of sp³-hybridized carbons (Fsp3) is 0.737. The van der Waals surface area contributed by atoms with E-state index in [9.17, 15) is 9.59 Å². The van der Waals surface area contributed by atoms with E-state index in [4.69, 9.17) is 0 Å². The molecule has 6 nitrogen and oxygen atoms in total. The maximum atomic E-state index is 12.8. The van der Waals surface area contributed by atoms with E-state index in [1.807, 2.05) is 11.6 Å². The second kappa shape index (κ2) is 9.02. The summed E-state index contributed by atoms with van der Waals surface area (Å²) in [5.41, 5.74) is 1.39. The second-order valence-electron chi connectivity index (χ2n) is 7.36. The number of nitrogens with zero attached hydrogens (tertiary/aromatic N) is 3. The molecule has 1 N–H and O–H groups in total. The van der Waals surface area contributed by atoms with Crippen molar-refractivity contribution in [2.75, 3.05) is 20.1 Å². The lowest BCUT2D eigenvalue weighted by molar-refractivity contribution is 0.0786. The fourth-order valence-electron chi connectivity index (χ4n) is 3.12. The van der Waals surface area contributed by atoms with E-state index in [0.29, 0.717) is 24.0 Å². The number of rotatable bonds is 8. The molecule has 1 aliphatic rings. The van der Waals surface area contributed by atoms with Crippen molar-refractivity contribution in [3.05, 3.63) is 17.2 Å². The summed E-state index contributed by atoms with van der Waals surface area (Å²) >= 11 is 0. The second-order valence-corrected chi connectivity index (χ2v) is 7.36. The molecule has 0 saturated carbocycles. The summed E-state index contributed by atoms with van der Waals surface area (Å²) in [7, 11) is 1.81. The Kier molecular flexibility index (Phi) is 7.02. The van der Waals surface area contributed by atoms with Gasteiger partial charge in [-0.05, 0) is 38.0 Å². The quantitative estimate of drug-likeness (QED) is 0.785. The van der Waals surface area contributed by atoms with E-state index in [1.165, 1.54) is 0 Å². The van der Waals surface area contributed by atoms with Crippen molar-refractivity contribution >= 4 is 11.8 Å². The summed E-state index contributed by atoms with van der Waals surface area (Å²) in [6, 6.07) is 0. The highest BCUT2D eigenvalue weighted by Crippen LogP contribution is 2.22. The molecule has 0 aliphatic carbocycles. The molecular formula is C19H32N4O2. The molecule has 0 bridgehead atoms. The lowest BCUT2D eigenvalue weighted by Crippen LogP contribution is -2.29. The van der Waals surface area contributed by atoms with Crippen LogP contribution >= 0.6 is 0 Å². The van der Waals surface area contributed by atoms with Gasteiger partial charge in [-0.15, -0.1) is 0 Å². The van der Waals surface area contributed by atoms with Crippen LogP contribution in [0.15, 0.2) is 0 Å². The van der Waals surface area contributed by atoms with Crippen LogP contribution in [0.5, 0.6) is 0 Å². The van der Waals surface area contributed by atoms with Crippen LogP contribution < -0.4 is 5.32 Å². The number of imidazole rings is 1. The molecule has 2 rings (SSSR count). The zero-order valence-electron chi connectivity index (χ0n) is 16.1. The number of carbonyl (C=O) groups excluding carboxylic acids is 2. The number of nitrogens with one attached hydrogen (secondary N) is 1. The third-order valence-electron chi connectivity index (χ3n) is 4.72. The zero-order chi connectivity index (χ0) is 18.4. The van der Waals surface area contributed by atoms with Crippen LogP contribution in [0.1, 0.15) is 79.7 Å². The number of fused-ring (bicyclic) bond motifs is 1. The van der Waals surface area contributed by atoms with Crippen LogP contribution in [0.25, 0.3) is 0 Å². The van der Waals surface area contributed by atoms with Crippen LogP contribution in [0, 0.1) is 5.92 Å². The first kappa shape index (κ1) is 19.5. The molecule has 2 amide bonds. The van der Waals surface area contributed by atoms with Crippen molar-refractivity contribution < 1.29 is 9.59 Å². The summed E-state index contributed by atoms with van der Waals surface area (Å²) in [6.45, 7) is 8.49. The largest absolute Gasteiger partial charge is 0.349 e. The Hall–Kier alpha value is -1.85. The Bertz CT molecular complexity index is 607. The first-order valence-corrected chi connectivity index (χ1v) is 9.58. The third-order valence-corrected chi connectivity index (χ3v) is 4.72. The molecule has 0 atom stereocenters. The maximum absolute atomic E-state index is 12.8. The lowest BCUT2D eigenvalue weighted by Gasteiger charge is -2.19. The highest BCUT2D eigenvalue weighted by molar-refractivity contribution is 5.97. The van der Waals surface area contributed by atoms with Crippen molar-refractivity contribution in [1.29, 1.82) is 0 Å². The van der Waals surface area contributed by atoms with E-state index in [0.717, 1.165) is 57.3 Å². The summed E-state index contributed by atoms with van der Waals surface area (Å²) in [5, 5.41) is 2.95. The van der Waals surface area contributed by atoms with Gasteiger partial charge in [0.2, 0.25) is 0 Å². The SMILES string of the molecule is CCCCN(C)C(=O)c1nc(C(=O)NCCC(C)C)n2c1CCCC2. The Balaban J connectivity index is 2.20. The van der Waals surface area contributed by atoms with Crippen molar-refractivity contribution in [3.63, 3.8) is 0 Å². The lowest BCUT2D eigenvalue weighted by atomic mass is 10.1. The molecule has 0 aromatic carbocycles. The summed E-state index contributed by atoms with van der Waals surface area (Å²) in [5.74, 6) is 0.698.